The van der Waals surface area contributed by atoms with E-state index in [1.165, 1.54) is 16.9 Å². The van der Waals surface area contributed by atoms with E-state index in [0.717, 1.165) is 6.07 Å². The van der Waals surface area contributed by atoms with Crippen LogP contribution in [0.5, 0.6) is 0 Å². The molecule has 21 heavy (non-hydrogen) atoms. The minimum absolute atomic E-state index is 0.0217. The summed E-state index contributed by atoms with van der Waals surface area (Å²) in [6.07, 6.45) is 2.93. The fraction of sp³-hybridized carbons (Fsp3) is 0.143. The van der Waals surface area contributed by atoms with Crippen molar-refractivity contribution in [2.45, 2.75) is 6.04 Å². The monoisotopic (exact) mass is 308 g/mol. The summed E-state index contributed by atoms with van der Waals surface area (Å²) in [4.78, 5) is 23.3. The number of rotatable bonds is 3. The topological polar surface area (TPSA) is 62.3 Å². The van der Waals surface area contributed by atoms with E-state index in [0.29, 0.717) is 12.1 Å². The van der Waals surface area contributed by atoms with Crippen molar-refractivity contribution in [3.8, 4) is 0 Å². The molecule has 7 heteroatoms. The number of hydrogen-bond donors (Lipinski definition) is 1. The summed E-state index contributed by atoms with van der Waals surface area (Å²) < 4.78 is 15.1. The smallest absolute Gasteiger partial charge is 0.341 e. The van der Waals surface area contributed by atoms with Crippen LogP contribution in [0.2, 0.25) is 5.02 Å². The van der Waals surface area contributed by atoms with E-state index >= 15 is 0 Å². The van der Waals surface area contributed by atoms with Crippen molar-refractivity contribution in [3.63, 3.8) is 0 Å². The molecule has 1 atom stereocenters. The molecule has 1 fully saturated rings. The maximum atomic E-state index is 13.6. The highest BCUT2D eigenvalue weighted by Crippen LogP contribution is 2.25. The molecule has 1 N–H and O–H groups in total. The second kappa shape index (κ2) is 4.60. The van der Waals surface area contributed by atoms with Crippen molar-refractivity contribution >= 4 is 28.5 Å². The molecule has 2 aromatic rings. The summed E-state index contributed by atoms with van der Waals surface area (Å²) in [5, 5.41) is 10.8. The molecule has 1 unspecified atom stereocenters. The second-order valence-corrected chi connectivity index (χ2v) is 5.14. The van der Waals surface area contributed by atoms with Crippen molar-refractivity contribution in [2.75, 3.05) is 11.6 Å². The zero-order chi connectivity index (χ0) is 15.3. The number of carbonyl (C=O) groups is 1. The van der Waals surface area contributed by atoms with Gasteiger partial charge in [0.15, 0.2) is 0 Å². The Bertz CT molecular complexity index is 846. The Balaban J connectivity index is 2.37. The van der Waals surface area contributed by atoms with Gasteiger partial charge in [0, 0.05) is 6.20 Å². The first-order valence-corrected chi connectivity index (χ1v) is 6.49. The van der Waals surface area contributed by atoms with Crippen LogP contribution in [0.15, 0.2) is 35.8 Å². The van der Waals surface area contributed by atoms with Gasteiger partial charge >= 0.3 is 5.97 Å². The predicted octanol–water partition coefficient (Wildman–Crippen LogP) is 2.00. The lowest BCUT2D eigenvalue weighted by atomic mass is 10.1. The Hall–Kier alpha value is -2.34. The molecular formula is C14H10ClFN2O3. The molecule has 1 saturated heterocycles. The van der Waals surface area contributed by atoms with E-state index in [2.05, 4.69) is 6.58 Å². The number of fused-ring (bicyclic) bond motifs is 1. The van der Waals surface area contributed by atoms with Gasteiger partial charge in [-0.15, -0.1) is 6.58 Å². The van der Waals surface area contributed by atoms with Crippen molar-refractivity contribution in [1.29, 1.82) is 0 Å². The van der Waals surface area contributed by atoms with E-state index in [1.807, 2.05) is 0 Å². The van der Waals surface area contributed by atoms with Crippen LogP contribution < -0.4 is 10.4 Å². The van der Waals surface area contributed by atoms with Gasteiger partial charge in [0.1, 0.15) is 11.4 Å². The summed E-state index contributed by atoms with van der Waals surface area (Å²) in [5.41, 5.74) is -0.791. The largest absolute Gasteiger partial charge is 0.477 e. The lowest BCUT2D eigenvalue weighted by Gasteiger charge is -2.15. The number of pyridine rings is 1. The van der Waals surface area contributed by atoms with Crippen LogP contribution >= 0.6 is 11.6 Å². The highest BCUT2D eigenvalue weighted by atomic mass is 35.5. The van der Waals surface area contributed by atoms with Gasteiger partial charge in [-0.2, -0.15) is 0 Å². The number of nitrogens with zero attached hydrogens (tertiary/aromatic N) is 2. The third kappa shape index (κ3) is 2.08. The number of carboxylic acid groups (broad SMARTS) is 1. The fourth-order valence-electron chi connectivity index (χ4n) is 2.26. The maximum absolute atomic E-state index is 13.6. The Morgan fingerprint density at radius 3 is 2.81 bits per heavy atom. The summed E-state index contributed by atoms with van der Waals surface area (Å²) in [7, 11) is 0. The predicted molar refractivity (Wildman–Crippen MR) is 77.2 cm³/mol. The highest BCUT2D eigenvalue weighted by Gasteiger charge is 2.33. The number of hydrogen-bond acceptors (Lipinski definition) is 3. The van der Waals surface area contributed by atoms with Gasteiger partial charge in [-0.05, 0) is 12.1 Å². The van der Waals surface area contributed by atoms with Crippen molar-refractivity contribution in [1.82, 2.24) is 4.68 Å². The highest BCUT2D eigenvalue weighted by molar-refractivity contribution is 6.31. The summed E-state index contributed by atoms with van der Waals surface area (Å²) in [5.74, 6) is -2.12. The Morgan fingerprint density at radius 2 is 2.24 bits per heavy atom. The van der Waals surface area contributed by atoms with Crippen molar-refractivity contribution < 1.29 is 14.3 Å². The maximum Gasteiger partial charge on any atom is 0.341 e. The van der Waals surface area contributed by atoms with E-state index in [-0.39, 0.29) is 16.5 Å². The van der Waals surface area contributed by atoms with Gasteiger partial charge in [-0.3, -0.25) is 9.47 Å². The molecule has 2 heterocycles. The normalized spacial score (nSPS) is 17.0. The minimum atomic E-state index is -1.36. The molecule has 0 saturated carbocycles. The van der Waals surface area contributed by atoms with Crippen LogP contribution in [0.25, 0.3) is 10.9 Å². The van der Waals surface area contributed by atoms with Crippen LogP contribution in [0, 0.1) is 5.82 Å². The third-order valence-corrected chi connectivity index (χ3v) is 3.72. The Morgan fingerprint density at radius 1 is 1.52 bits per heavy atom. The number of halogens is 2. The van der Waals surface area contributed by atoms with Gasteiger partial charge in [0.25, 0.3) is 0 Å². The van der Waals surface area contributed by atoms with Crippen molar-refractivity contribution in [2.24, 2.45) is 0 Å². The van der Waals surface area contributed by atoms with Crippen LogP contribution in [0.1, 0.15) is 10.4 Å². The molecule has 108 valence electrons. The lowest BCUT2D eigenvalue weighted by Crippen LogP contribution is -2.24. The zero-order valence-corrected chi connectivity index (χ0v) is 11.5. The van der Waals surface area contributed by atoms with Gasteiger partial charge in [0.2, 0.25) is 5.43 Å². The van der Waals surface area contributed by atoms with Crippen LogP contribution in [-0.4, -0.2) is 28.3 Å². The first kappa shape index (κ1) is 13.6. The molecule has 1 aliphatic rings. The van der Waals surface area contributed by atoms with E-state index in [1.54, 1.807) is 11.1 Å². The van der Waals surface area contributed by atoms with Gasteiger partial charge < -0.3 is 10.1 Å². The molecule has 5 nitrogen and oxygen atoms in total. The molecule has 0 radical (unpaired) electrons. The number of benzene rings is 1. The van der Waals surface area contributed by atoms with E-state index in [4.69, 9.17) is 16.7 Å². The SMILES string of the molecule is C=CC1CN1n1cc(C(=O)O)c(=O)c2cc(F)c(Cl)cc21. The molecule has 1 aromatic carbocycles. The van der Waals surface area contributed by atoms with Crippen LogP contribution in [0.3, 0.4) is 0 Å². The Labute approximate surface area is 123 Å². The molecule has 1 aromatic heterocycles. The molecule has 3 rings (SSSR count). The van der Waals surface area contributed by atoms with Gasteiger partial charge in [0.05, 0.1) is 28.5 Å². The molecule has 1 aliphatic heterocycles. The number of carboxylic acids is 1. The average Bonchev–Trinajstić information content (AvgIpc) is 3.20. The number of aromatic carboxylic acids is 1. The summed E-state index contributed by atoms with van der Waals surface area (Å²) in [6.45, 7) is 4.30. The van der Waals surface area contributed by atoms with Crippen molar-refractivity contribution in [3.05, 3.63) is 57.6 Å². The second-order valence-electron chi connectivity index (χ2n) is 4.73. The quantitative estimate of drug-likeness (QED) is 0.696. The minimum Gasteiger partial charge on any atom is -0.477 e. The summed E-state index contributed by atoms with van der Waals surface area (Å²) in [6, 6.07) is 2.33. The van der Waals surface area contributed by atoms with Crippen LogP contribution in [0.4, 0.5) is 4.39 Å². The average molecular weight is 309 g/mol. The zero-order valence-electron chi connectivity index (χ0n) is 10.7. The third-order valence-electron chi connectivity index (χ3n) is 3.43. The molecule has 0 amide bonds. The summed E-state index contributed by atoms with van der Waals surface area (Å²) >= 11 is 5.76. The standard InChI is InChI=1S/C14H10ClFN2O3/c1-2-7-5-17(7)18-6-9(14(20)21)13(19)8-3-11(16)10(15)4-12(8)18/h2-4,6-7H,1,5H2,(H,20,21). The number of aromatic nitrogens is 1. The lowest BCUT2D eigenvalue weighted by molar-refractivity contribution is 0.0695. The van der Waals surface area contributed by atoms with E-state index < -0.39 is 22.8 Å². The molecule has 0 bridgehead atoms. The Kier molecular flexibility index (Phi) is 2.98. The first-order valence-electron chi connectivity index (χ1n) is 6.11. The molecule has 0 aliphatic carbocycles. The molecular weight excluding hydrogens is 299 g/mol. The fourth-order valence-corrected chi connectivity index (χ4v) is 2.41. The van der Waals surface area contributed by atoms with Gasteiger partial charge in [-0.1, -0.05) is 17.7 Å². The van der Waals surface area contributed by atoms with Crippen LogP contribution in [-0.2, 0) is 0 Å². The van der Waals surface area contributed by atoms with Gasteiger partial charge in [-0.25, -0.2) is 9.18 Å². The first-order chi connectivity index (χ1) is 9.93. The van der Waals surface area contributed by atoms with E-state index in [9.17, 15) is 14.0 Å². The molecule has 0 spiro atoms.